The minimum atomic E-state index is -0.0571. The fourth-order valence-electron chi connectivity index (χ4n) is 3.33. The van der Waals surface area contributed by atoms with Crippen LogP contribution in [-0.4, -0.2) is 9.55 Å². The number of hydrogen-bond acceptors (Lipinski definition) is 2. The van der Waals surface area contributed by atoms with E-state index in [1.807, 2.05) is 92.7 Å². The van der Waals surface area contributed by atoms with Crippen LogP contribution in [0.25, 0.3) is 28.7 Å². The molecule has 0 spiro atoms. The molecule has 132 valence electrons. The summed E-state index contributed by atoms with van der Waals surface area (Å²) in [6.07, 6.45) is 3.89. The van der Waals surface area contributed by atoms with E-state index in [0.29, 0.717) is 16.7 Å². The van der Waals surface area contributed by atoms with E-state index < -0.39 is 0 Å². The number of fused-ring (bicyclic) bond motifs is 1. The predicted octanol–water partition coefficient (Wildman–Crippen LogP) is 5.17. The van der Waals surface area contributed by atoms with Gasteiger partial charge in [0.1, 0.15) is 5.82 Å². The van der Waals surface area contributed by atoms with Crippen LogP contribution in [0.4, 0.5) is 0 Å². The molecule has 27 heavy (non-hydrogen) atoms. The van der Waals surface area contributed by atoms with Gasteiger partial charge in [-0.2, -0.15) is 0 Å². The summed E-state index contributed by atoms with van der Waals surface area (Å²) in [7, 11) is 0. The molecule has 0 saturated heterocycles. The minimum Gasteiger partial charge on any atom is -0.268 e. The van der Waals surface area contributed by atoms with Crippen molar-refractivity contribution in [3.05, 3.63) is 106 Å². The lowest BCUT2D eigenvalue weighted by molar-refractivity contribution is 0.940. The van der Waals surface area contributed by atoms with Crippen molar-refractivity contribution >= 4 is 23.1 Å². The Balaban J connectivity index is 1.98. The fraction of sp³-hybridized carbons (Fsp3) is 0.0833. The normalized spacial score (nSPS) is 11.3. The van der Waals surface area contributed by atoms with E-state index in [9.17, 15) is 4.79 Å². The van der Waals surface area contributed by atoms with Crippen molar-refractivity contribution in [1.29, 1.82) is 0 Å². The second-order valence-corrected chi connectivity index (χ2v) is 6.72. The van der Waals surface area contributed by atoms with E-state index in [0.717, 1.165) is 22.4 Å². The average Bonchev–Trinajstić information content (AvgIpc) is 2.66. The van der Waals surface area contributed by atoms with Crippen molar-refractivity contribution in [2.75, 3.05) is 0 Å². The van der Waals surface area contributed by atoms with Gasteiger partial charge in [0.15, 0.2) is 0 Å². The maximum absolute atomic E-state index is 13.3. The zero-order valence-corrected chi connectivity index (χ0v) is 15.4. The topological polar surface area (TPSA) is 34.9 Å². The minimum absolute atomic E-state index is 0.0571. The molecule has 4 aromatic rings. The van der Waals surface area contributed by atoms with Crippen LogP contribution in [0.2, 0.25) is 0 Å². The fourth-order valence-corrected chi connectivity index (χ4v) is 3.33. The molecule has 1 heterocycles. The zero-order chi connectivity index (χ0) is 18.8. The molecule has 3 aromatic carbocycles. The number of aryl methyl sites for hydroxylation is 2. The molecule has 0 aliphatic carbocycles. The van der Waals surface area contributed by atoms with Crippen LogP contribution in [-0.2, 0) is 0 Å². The summed E-state index contributed by atoms with van der Waals surface area (Å²) in [5.74, 6) is 0.618. The third-order valence-corrected chi connectivity index (χ3v) is 4.49. The van der Waals surface area contributed by atoms with E-state index in [1.165, 1.54) is 0 Å². The number of rotatable bonds is 3. The zero-order valence-electron chi connectivity index (χ0n) is 15.4. The quantitative estimate of drug-likeness (QED) is 0.510. The number of aromatic nitrogens is 2. The molecule has 3 heteroatoms. The lowest BCUT2D eigenvalue weighted by Crippen LogP contribution is -2.22. The second-order valence-electron chi connectivity index (χ2n) is 6.72. The van der Waals surface area contributed by atoms with Crippen LogP contribution in [0.5, 0.6) is 0 Å². The van der Waals surface area contributed by atoms with E-state index in [4.69, 9.17) is 4.98 Å². The Bertz CT molecular complexity index is 1180. The standard InChI is InChI=1S/C24H20N2O/c1-17-14-18(2)16-20(15-17)26-23(13-12-19-8-4-3-5-9-19)25-22-11-7-6-10-21(22)24(26)27/h3-16H,1-2H3/b13-12+. The van der Waals surface area contributed by atoms with E-state index in [1.54, 1.807) is 4.57 Å². The Morgan fingerprint density at radius 2 is 1.48 bits per heavy atom. The molecular formula is C24H20N2O. The van der Waals surface area contributed by atoms with Crippen molar-refractivity contribution in [2.24, 2.45) is 0 Å². The lowest BCUT2D eigenvalue weighted by Gasteiger charge is -2.13. The summed E-state index contributed by atoms with van der Waals surface area (Å²) in [5, 5.41) is 0.619. The molecule has 0 bridgehead atoms. The summed E-state index contributed by atoms with van der Waals surface area (Å²) in [6, 6.07) is 23.6. The first-order valence-corrected chi connectivity index (χ1v) is 8.95. The SMILES string of the molecule is Cc1cc(C)cc(-n2c(/C=C/c3ccccc3)nc3ccccc3c2=O)c1. The summed E-state index contributed by atoms with van der Waals surface area (Å²) < 4.78 is 1.70. The summed E-state index contributed by atoms with van der Waals surface area (Å²) in [6.45, 7) is 4.07. The maximum atomic E-state index is 13.3. The molecule has 1 aromatic heterocycles. The first-order chi connectivity index (χ1) is 13.1. The van der Waals surface area contributed by atoms with Gasteiger partial charge in [-0.1, -0.05) is 54.6 Å². The van der Waals surface area contributed by atoms with Gasteiger partial charge in [-0.3, -0.25) is 9.36 Å². The Hall–Kier alpha value is -3.46. The maximum Gasteiger partial charge on any atom is 0.266 e. The van der Waals surface area contributed by atoms with E-state index in [2.05, 4.69) is 6.07 Å². The van der Waals surface area contributed by atoms with Gasteiger partial charge in [-0.25, -0.2) is 4.98 Å². The molecule has 0 saturated carbocycles. The van der Waals surface area contributed by atoms with Gasteiger partial charge < -0.3 is 0 Å². The van der Waals surface area contributed by atoms with Crippen LogP contribution < -0.4 is 5.56 Å². The smallest absolute Gasteiger partial charge is 0.266 e. The second kappa shape index (κ2) is 7.04. The summed E-state index contributed by atoms with van der Waals surface area (Å²) >= 11 is 0. The van der Waals surface area contributed by atoms with Crippen molar-refractivity contribution in [2.45, 2.75) is 13.8 Å². The highest BCUT2D eigenvalue weighted by molar-refractivity contribution is 5.80. The van der Waals surface area contributed by atoms with E-state index >= 15 is 0 Å². The summed E-state index contributed by atoms with van der Waals surface area (Å²) in [4.78, 5) is 18.0. The molecule has 0 aliphatic heterocycles. The molecule has 0 fully saturated rings. The molecule has 0 radical (unpaired) electrons. The number of benzene rings is 3. The molecule has 3 nitrogen and oxygen atoms in total. The third-order valence-electron chi connectivity index (χ3n) is 4.49. The Labute approximate surface area is 158 Å². The van der Waals surface area contributed by atoms with Crippen molar-refractivity contribution in [3.63, 3.8) is 0 Å². The van der Waals surface area contributed by atoms with Crippen LogP contribution in [0.15, 0.2) is 77.6 Å². The first-order valence-electron chi connectivity index (χ1n) is 8.95. The van der Waals surface area contributed by atoms with E-state index in [-0.39, 0.29) is 5.56 Å². The molecule has 0 atom stereocenters. The molecule has 0 amide bonds. The highest BCUT2D eigenvalue weighted by Crippen LogP contribution is 2.18. The van der Waals surface area contributed by atoms with Crippen LogP contribution in [0, 0.1) is 13.8 Å². The average molecular weight is 352 g/mol. The van der Waals surface area contributed by atoms with Crippen LogP contribution >= 0.6 is 0 Å². The third kappa shape index (κ3) is 3.44. The molecule has 4 rings (SSSR count). The highest BCUT2D eigenvalue weighted by atomic mass is 16.1. The van der Waals surface area contributed by atoms with Crippen molar-refractivity contribution in [1.82, 2.24) is 9.55 Å². The Morgan fingerprint density at radius 3 is 2.22 bits per heavy atom. The number of nitrogens with zero attached hydrogens (tertiary/aromatic N) is 2. The van der Waals surface area contributed by atoms with Gasteiger partial charge in [-0.15, -0.1) is 0 Å². The van der Waals surface area contributed by atoms with Crippen molar-refractivity contribution < 1.29 is 0 Å². The molecule has 0 N–H and O–H groups in total. The van der Waals surface area contributed by atoms with Gasteiger partial charge in [0, 0.05) is 0 Å². The Kier molecular flexibility index (Phi) is 4.43. The predicted molar refractivity (Wildman–Crippen MR) is 112 cm³/mol. The molecule has 0 aliphatic rings. The highest BCUT2D eigenvalue weighted by Gasteiger charge is 2.11. The van der Waals surface area contributed by atoms with Crippen LogP contribution in [0.3, 0.4) is 0 Å². The number of hydrogen-bond donors (Lipinski definition) is 0. The van der Waals surface area contributed by atoms with Gasteiger partial charge >= 0.3 is 0 Å². The summed E-state index contributed by atoms with van der Waals surface area (Å²) in [5.41, 5.74) is 4.77. The largest absolute Gasteiger partial charge is 0.268 e. The lowest BCUT2D eigenvalue weighted by atomic mass is 10.1. The monoisotopic (exact) mass is 352 g/mol. The van der Waals surface area contributed by atoms with Gasteiger partial charge in [0.2, 0.25) is 0 Å². The number of para-hydroxylation sites is 1. The van der Waals surface area contributed by atoms with Gasteiger partial charge in [0.25, 0.3) is 5.56 Å². The first kappa shape index (κ1) is 17.0. The van der Waals surface area contributed by atoms with Crippen molar-refractivity contribution in [3.8, 4) is 5.69 Å². The Morgan fingerprint density at radius 1 is 0.815 bits per heavy atom. The molecule has 0 unspecified atom stereocenters. The van der Waals surface area contributed by atoms with Gasteiger partial charge in [-0.05, 0) is 60.9 Å². The molecular weight excluding hydrogens is 332 g/mol. The van der Waals surface area contributed by atoms with Gasteiger partial charge in [0.05, 0.1) is 16.6 Å². The van der Waals surface area contributed by atoms with Crippen LogP contribution in [0.1, 0.15) is 22.5 Å².